The van der Waals surface area contributed by atoms with E-state index in [1.54, 1.807) is 0 Å². The van der Waals surface area contributed by atoms with Gasteiger partial charge in [-0.3, -0.25) is 0 Å². The maximum Gasteiger partial charge on any atom is 0.136 e. The van der Waals surface area contributed by atoms with Gasteiger partial charge < -0.3 is 13.6 Å². The van der Waals surface area contributed by atoms with Gasteiger partial charge in [0.15, 0.2) is 0 Å². The third-order valence-electron chi connectivity index (χ3n) is 9.52. The monoisotopic (exact) mass is 588 g/mol. The molecule has 10 rings (SSSR count). The predicted octanol–water partition coefficient (Wildman–Crippen LogP) is 11.8. The van der Waals surface area contributed by atoms with E-state index in [0.717, 1.165) is 38.8 Å². The van der Waals surface area contributed by atoms with E-state index in [1.807, 2.05) is 6.07 Å². The third-order valence-corrected chi connectivity index (χ3v) is 9.52. The molecule has 216 valence electrons. The van der Waals surface area contributed by atoms with Gasteiger partial charge in [0.2, 0.25) is 0 Å². The predicted molar refractivity (Wildman–Crippen MR) is 193 cm³/mol. The van der Waals surface area contributed by atoms with Crippen molar-refractivity contribution in [2.75, 3.05) is 0 Å². The SMILES string of the molecule is Cc1cc(-n2c3ccccc3c3ccccc32)cc(-n2c3ccc(-c4ccccc4)cc3c3c4c(ccc32)oc2ccccc24)c1. The van der Waals surface area contributed by atoms with Gasteiger partial charge in [-0.15, -0.1) is 0 Å². The molecule has 0 amide bonds. The van der Waals surface area contributed by atoms with Crippen LogP contribution in [0.3, 0.4) is 0 Å². The molecular weight excluding hydrogens is 560 g/mol. The van der Waals surface area contributed by atoms with Crippen LogP contribution in [-0.2, 0) is 0 Å². The van der Waals surface area contributed by atoms with Gasteiger partial charge in [-0.05, 0) is 84.3 Å². The maximum atomic E-state index is 6.40. The van der Waals surface area contributed by atoms with Crippen LogP contribution in [0.1, 0.15) is 5.56 Å². The normalized spacial score (nSPS) is 12.0. The van der Waals surface area contributed by atoms with Crippen LogP contribution in [-0.4, -0.2) is 9.13 Å². The van der Waals surface area contributed by atoms with Crippen molar-refractivity contribution in [1.82, 2.24) is 9.13 Å². The first kappa shape index (κ1) is 25.3. The fraction of sp³-hybridized carbons (Fsp3) is 0.0233. The molecule has 0 radical (unpaired) electrons. The van der Waals surface area contributed by atoms with Gasteiger partial charge in [0, 0.05) is 43.7 Å². The largest absolute Gasteiger partial charge is 0.456 e. The Morgan fingerprint density at radius 3 is 1.72 bits per heavy atom. The minimum Gasteiger partial charge on any atom is -0.456 e. The Kier molecular flexibility index (Phi) is 5.20. The highest BCUT2D eigenvalue weighted by Gasteiger charge is 2.20. The Hall–Kier alpha value is -6.06. The number of para-hydroxylation sites is 3. The van der Waals surface area contributed by atoms with Crippen molar-refractivity contribution in [1.29, 1.82) is 0 Å². The van der Waals surface area contributed by atoms with Crippen molar-refractivity contribution in [3.63, 3.8) is 0 Å². The number of aryl methyl sites for hydroxylation is 1. The molecule has 0 spiro atoms. The van der Waals surface area contributed by atoms with Gasteiger partial charge in [0.25, 0.3) is 0 Å². The number of aromatic nitrogens is 2. The van der Waals surface area contributed by atoms with E-state index in [-0.39, 0.29) is 0 Å². The average Bonchev–Trinajstić information content (AvgIpc) is 3.75. The number of nitrogens with zero attached hydrogens (tertiary/aromatic N) is 2. The number of hydrogen-bond acceptors (Lipinski definition) is 1. The molecule has 3 aromatic heterocycles. The third kappa shape index (κ3) is 3.54. The van der Waals surface area contributed by atoms with Gasteiger partial charge in [-0.2, -0.15) is 0 Å². The smallest absolute Gasteiger partial charge is 0.136 e. The summed E-state index contributed by atoms with van der Waals surface area (Å²) in [6.45, 7) is 2.20. The van der Waals surface area contributed by atoms with Crippen LogP contribution in [0, 0.1) is 6.92 Å². The molecule has 10 aromatic rings. The molecule has 0 saturated carbocycles. The first-order chi connectivity index (χ1) is 22.7. The topological polar surface area (TPSA) is 23.0 Å². The molecule has 0 aliphatic rings. The molecule has 0 saturated heterocycles. The fourth-order valence-electron chi connectivity index (χ4n) is 7.62. The lowest BCUT2D eigenvalue weighted by atomic mass is 10.0. The lowest BCUT2D eigenvalue weighted by Gasteiger charge is -2.14. The number of furan rings is 1. The zero-order chi connectivity index (χ0) is 30.4. The first-order valence-electron chi connectivity index (χ1n) is 15.8. The minimum absolute atomic E-state index is 0.910. The van der Waals surface area contributed by atoms with Crippen molar-refractivity contribution in [2.24, 2.45) is 0 Å². The summed E-state index contributed by atoms with van der Waals surface area (Å²) in [4.78, 5) is 0. The Bertz CT molecular complexity index is 2760. The summed E-state index contributed by atoms with van der Waals surface area (Å²) in [6, 6.07) is 54.6. The second kappa shape index (κ2) is 9.47. The molecular formula is C43H28N2O. The summed E-state index contributed by atoms with van der Waals surface area (Å²) >= 11 is 0. The second-order valence-electron chi connectivity index (χ2n) is 12.3. The van der Waals surface area contributed by atoms with Crippen LogP contribution in [0.5, 0.6) is 0 Å². The highest BCUT2D eigenvalue weighted by Crippen LogP contribution is 2.43. The molecule has 0 N–H and O–H groups in total. The number of hydrogen-bond donors (Lipinski definition) is 0. The van der Waals surface area contributed by atoms with Crippen molar-refractivity contribution in [3.05, 3.63) is 157 Å². The molecule has 0 unspecified atom stereocenters. The van der Waals surface area contributed by atoms with Crippen molar-refractivity contribution in [2.45, 2.75) is 6.92 Å². The fourth-order valence-corrected chi connectivity index (χ4v) is 7.62. The second-order valence-corrected chi connectivity index (χ2v) is 12.3. The molecule has 46 heavy (non-hydrogen) atoms. The van der Waals surface area contributed by atoms with Crippen molar-refractivity contribution in [3.8, 4) is 22.5 Å². The van der Waals surface area contributed by atoms with Crippen LogP contribution in [0.25, 0.3) is 88.1 Å². The van der Waals surface area contributed by atoms with E-state index >= 15 is 0 Å². The Balaban J connectivity index is 1.32. The van der Waals surface area contributed by atoms with Crippen LogP contribution in [0.15, 0.2) is 156 Å². The molecule has 3 heterocycles. The molecule has 3 heteroatoms. The zero-order valence-electron chi connectivity index (χ0n) is 25.2. The standard InChI is InChI=1S/C43H28N2O/c1-27-23-30(44-36-16-8-5-13-32(36)33-14-6-9-17-37(33)44)26-31(24-27)45-38-20-19-29(28-11-3-2-4-12-28)25-35(38)42-39(45)21-22-41-43(42)34-15-7-10-18-40(34)46-41/h2-26H,1H3. The van der Waals surface area contributed by atoms with E-state index < -0.39 is 0 Å². The quantitative estimate of drug-likeness (QED) is 0.201. The van der Waals surface area contributed by atoms with Crippen molar-refractivity contribution < 1.29 is 4.42 Å². The number of fused-ring (bicyclic) bond motifs is 10. The van der Waals surface area contributed by atoms with E-state index in [0.29, 0.717) is 0 Å². The molecule has 7 aromatic carbocycles. The van der Waals surface area contributed by atoms with Gasteiger partial charge >= 0.3 is 0 Å². The summed E-state index contributed by atoms with van der Waals surface area (Å²) in [5.74, 6) is 0. The Morgan fingerprint density at radius 2 is 0.978 bits per heavy atom. The highest BCUT2D eigenvalue weighted by atomic mass is 16.3. The van der Waals surface area contributed by atoms with Crippen LogP contribution in [0.4, 0.5) is 0 Å². The van der Waals surface area contributed by atoms with Gasteiger partial charge in [0.1, 0.15) is 11.2 Å². The lowest BCUT2D eigenvalue weighted by Crippen LogP contribution is -2.00. The molecule has 3 nitrogen and oxygen atoms in total. The summed E-state index contributed by atoms with van der Waals surface area (Å²) in [6.07, 6.45) is 0. The molecule has 0 bridgehead atoms. The van der Waals surface area contributed by atoms with Gasteiger partial charge in [-0.25, -0.2) is 0 Å². The average molecular weight is 589 g/mol. The first-order valence-corrected chi connectivity index (χ1v) is 15.8. The van der Waals surface area contributed by atoms with E-state index in [1.165, 1.54) is 54.8 Å². The Labute approximate surface area is 265 Å². The Morgan fingerprint density at radius 1 is 0.391 bits per heavy atom. The van der Waals surface area contributed by atoms with Crippen LogP contribution in [0.2, 0.25) is 0 Å². The van der Waals surface area contributed by atoms with E-state index in [4.69, 9.17) is 4.42 Å². The summed E-state index contributed by atoms with van der Waals surface area (Å²) in [5, 5.41) is 7.27. The van der Waals surface area contributed by atoms with Crippen molar-refractivity contribution >= 4 is 65.6 Å². The number of benzene rings is 7. The summed E-state index contributed by atoms with van der Waals surface area (Å²) in [7, 11) is 0. The lowest BCUT2D eigenvalue weighted by molar-refractivity contribution is 0.669. The van der Waals surface area contributed by atoms with E-state index in [9.17, 15) is 0 Å². The van der Waals surface area contributed by atoms with Crippen LogP contribution < -0.4 is 0 Å². The minimum atomic E-state index is 0.910. The van der Waals surface area contributed by atoms with Gasteiger partial charge in [0.05, 0.1) is 22.1 Å². The highest BCUT2D eigenvalue weighted by molar-refractivity contribution is 6.27. The number of rotatable bonds is 3. The van der Waals surface area contributed by atoms with Crippen LogP contribution >= 0.6 is 0 Å². The summed E-state index contributed by atoms with van der Waals surface area (Å²) in [5.41, 5.74) is 12.5. The molecule has 0 aliphatic heterocycles. The molecule has 0 aliphatic carbocycles. The molecule has 0 fully saturated rings. The van der Waals surface area contributed by atoms with Gasteiger partial charge in [-0.1, -0.05) is 91.0 Å². The zero-order valence-corrected chi connectivity index (χ0v) is 25.2. The maximum absolute atomic E-state index is 6.40. The summed E-state index contributed by atoms with van der Waals surface area (Å²) < 4.78 is 11.2. The molecule has 0 atom stereocenters. The van der Waals surface area contributed by atoms with E-state index in [2.05, 4.69) is 162 Å².